The van der Waals surface area contributed by atoms with Crippen molar-refractivity contribution < 1.29 is 14.4 Å². The van der Waals surface area contributed by atoms with Gasteiger partial charge in [-0.15, -0.1) is 0 Å². The van der Waals surface area contributed by atoms with E-state index in [0.717, 1.165) is 30.0 Å². The molecule has 0 unspecified atom stereocenters. The van der Waals surface area contributed by atoms with Gasteiger partial charge in [0.15, 0.2) is 6.54 Å². The monoisotopic (exact) mass is 353 g/mol. The maximum absolute atomic E-state index is 12.7. The smallest absolute Gasteiger partial charge is 0.275 e. The van der Waals surface area contributed by atoms with Crippen LogP contribution in [-0.4, -0.2) is 32.7 Å². The molecular weight excluding hydrogens is 324 g/mol. The highest BCUT2D eigenvalue weighted by Crippen LogP contribution is 2.24. The molecule has 0 saturated carbocycles. The van der Waals surface area contributed by atoms with Crippen molar-refractivity contribution in [2.45, 2.75) is 31.7 Å². The van der Waals surface area contributed by atoms with E-state index in [4.69, 9.17) is 4.74 Å². The molecule has 0 spiro atoms. The third-order valence-corrected chi connectivity index (χ3v) is 5.11. The highest BCUT2D eigenvalue weighted by molar-refractivity contribution is 5.78. The van der Waals surface area contributed by atoms with Crippen LogP contribution in [0.15, 0.2) is 54.6 Å². The Kier molecular flexibility index (Phi) is 6.67. The Labute approximate surface area is 156 Å². The number of likely N-dealkylation sites (tertiary alicyclic amines) is 1. The molecule has 1 atom stereocenters. The highest BCUT2D eigenvalue weighted by atomic mass is 16.5. The van der Waals surface area contributed by atoms with Gasteiger partial charge in [-0.2, -0.15) is 0 Å². The number of hydrogen-bond acceptors (Lipinski definition) is 2. The second-order valence-corrected chi connectivity index (χ2v) is 7.03. The zero-order valence-corrected chi connectivity index (χ0v) is 15.5. The number of ether oxygens (including phenoxy) is 1. The van der Waals surface area contributed by atoms with Gasteiger partial charge in [-0.1, -0.05) is 42.5 Å². The molecule has 0 radical (unpaired) electrons. The van der Waals surface area contributed by atoms with Gasteiger partial charge in [-0.25, -0.2) is 0 Å². The summed E-state index contributed by atoms with van der Waals surface area (Å²) in [5.41, 5.74) is 2.16. The van der Waals surface area contributed by atoms with Crippen LogP contribution in [-0.2, 0) is 4.79 Å². The lowest BCUT2D eigenvalue weighted by molar-refractivity contribution is -0.891. The van der Waals surface area contributed by atoms with E-state index in [2.05, 4.69) is 17.4 Å². The molecule has 1 fully saturated rings. The third kappa shape index (κ3) is 5.09. The van der Waals surface area contributed by atoms with Gasteiger partial charge in [0, 0.05) is 0 Å². The van der Waals surface area contributed by atoms with Crippen molar-refractivity contribution in [2.75, 3.05) is 26.7 Å². The number of carbonyl (C=O) groups excluding carboxylic acids is 1. The normalized spacial score (nSPS) is 16.5. The lowest BCUT2D eigenvalue weighted by Crippen LogP contribution is -3.13. The van der Waals surface area contributed by atoms with Crippen molar-refractivity contribution in [3.63, 3.8) is 0 Å². The van der Waals surface area contributed by atoms with E-state index in [0.29, 0.717) is 6.54 Å². The van der Waals surface area contributed by atoms with Crippen LogP contribution in [0.2, 0.25) is 0 Å². The van der Waals surface area contributed by atoms with E-state index in [1.165, 1.54) is 30.6 Å². The van der Waals surface area contributed by atoms with Gasteiger partial charge in [-0.05, 0) is 48.9 Å². The van der Waals surface area contributed by atoms with Gasteiger partial charge in [-0.3, -0.25) is 4.79 Å². The van der Waals surface area contributed by atoms with Crippen molar-refractivity contribution >= 4 is 5.91 Å². The average Bonchev–Trinajstić information content (AvgIpc) is 2.95. The molecule has 4 heteroatoms. The molecule has 1 aliphatic rings. The summed E-state index contributed by atoms with van der Waals surface area (Å²) < 4.78 is 5.26. The molecule has 1 heterocycles. The van der Waals surface area contributed by atoms with Crippen molar-refractivity contribution in [2.24, 2.45) is 0 Å². The molecule has 0 bridgehead atoms. The fraction of sp³-hybridized carbons (Fsp3) is 0.409. The molecule has 2 aromatic rings. The summed E-state index contributed by atoms with van der Waals surface area (Å²) in [4.78, 5) is 14.2. The molecule has 1 saturated heterocycles. The minimum Gasteiger partial charge on any atom is -0.497 e. The molecule has 0 aliphatic carbocycles. The summed E-state index contributed by atoms with van der Waals surface area (Å²) in [6, 6.07) is 17.9. The van der Waals surface area contributed by atoms with Gasteiger partial charge in [0.25, 0.3) is 5.91 Å². The van der Waals surface area contributed by atoms with Gasteiger partial charge in [0.1, 0.15) is 5.75 Å². The Morgan fingerprint density at radius 1 is 0.962 bits per heavy atom. The standard InChI is InChI=1S/C22H28N2O2/c1-26-20-13-11-19(12-14-20)22(18-9-5-4-6-10-18)23-21(25)17-24-15-7-2-3-8-16-24/h4-6,9-14,22H,2-3,7-8,15-17H2,1H3,(H,23,25)/p+1/t22-/m1/s1. The fourth-order valence-corrected chi connectivity index (χ4v) is 3.65. The van der Waals surface area contributed by atoms with Crippen LogP contribution in [0.3, 0.4) is 0 Å². The van der Waals surface area contributed by atoms with Crippen LogP contribution >= 0.6 is 0 Å². The number of amides is 1. The summed E-state index contributed by atoms with van der Waals surface area (Å²) in [7, 11) is 1.66. The SMILES string of the molecule is COc1ccc([C@H](NC(=O)C[NH+]2CCCCCC2)c2ccccc2)cc1. The molecule has 0 aromatic heterocycles. The Balaban J connectivity index is 1.73. The number of nitrogens with one attached hydrogen (secondary N) is 2. The Bertz CT molecular complexity index is 677. The van der Waals surface area contributed by atoms with Crippen LogP contribution in [0.5, 0.6) is 5.75 Å². The summed E-state index contributed by atoms with van der Waals surface area (Å²) in [6.07, 6.45) is 5.04. The van der Waals surface area contributed by atoms with Crippen molar-refractivity contribution in [3.05, 3.63) is 65.7 Å². The number of quaternary nitrogens is 1. The molecule has 1 aliphatic heterocycles. The topological polar surface area (TPSA) is 42.8 Å². The number of methoxy groups -OCH3 is 1. The Morgan fingerprint density at radius 3 is 2.19 bits per heavy atom. The molecule has 2 aromatic carbocycles. The van der Waals surface area contributed by atoms with Gasteiger partial charge >= 0.3 is 0 Å². The summed E-state index contributed by atoms with van der Waals surface area (Å²) in [6.45, 7) is 2.76. The number of carbonyl (C=O) groups is 1. The van der Waals surface area contributed by atoms with Gasteiger partial charge in [0.2, 0.25) is 0 Å². The van der Waals surface area contributed by atoms with Crippen LogP contribution in [0, 0.1) is 0 Å². The van der Waals surface area contributed by atoms with E-state index in [1.54, 1.807) is 7.11 Å². The largest absolute Gasteiger partial charge is 0.497 e. The van der Waals surface area contributed by atoms with Crippen molar-refractivity contribution in [1.82, 2.24) is 5.32 Å². The van der Waals surface area contributed by atoms with Gasteiger partial charge < -0.3 is 15.0 Å². The first-order valence-corrected chi connectivity index (χ1v) is 9.58. The van der Waals surface area contributed by atoms with E-state index >= 15 is 0 Å². The highest BCUT2D eigenvalue weighted by Gasteiger charge is 2.21. The van der Waals surface area contributed by atoms with Crippen LogP contribution < -0.4 is 15.0 Å². The zero-order chi connectivity index (χ0) is 18.2. The molecule has 1 amide bonds. The van der Waals surface area contributed by atoms with Crippen LogP contribution in [0.1, 0.15) is 42.9 Å². The molecule has 26 heavy (non-hydrogen) atoms. The number of rotatable bonds is 6. The average molecular weight is 353 g/mol. The first-order valence-electron chi connectivity index (χ1n) is 9.58. The van der Waals surface area contributed by atoms with E-state index in [1.807, 2.05) is 42.5 Å². The molecule has 3 rings (SSSR count). The van der Waals surface area contributed by atoms with Gasteiger partial charge in [0.05, 0.1) is 26.2 Å². The van der Waals surface area contributed by atoms with Crippen molar-refractivity contribution in [1.29, 1.82) is 0 Å². The molecular formula is C22H29N2O2+. The summed E-state index contributed by atoms with van der Waals surface area (Å²) >= 11 is 0. The lowest BCUT2D eigenvalue weighted by atomic mass is 9.98. The summed E-state index contributed by atoms with van der Waals surface area (Å²) in [5, 5.41) is 3.25. The number of benzene rings is 2. The molecule has 4 nitrogen and oxygen atoms in total. The predicted octanol–water partition coefficient (Wildman–Crippen LogP) is 2.36. The second-order valence-electron chi connectivity index (χ2n) is 7.03. The van der Waals surface area contributed by atoms with E-state index < -0.39 is 0 Å². The molecule has 2 N–H and O–H groups in total. The Morgan fingerprint density at radius 2 is 1.58 bits per heavy atom. The maximum Gasteiger partial charge on any atom is 0.275 e. The number of hydrogen-bond donors (Lipinski definition) is 2. The maximum atomic E-state index is 12.7. The minimum atomic E-state index is -0.138. The van der Waals surface area contributed by atoms with Crippen LogP contribution in [0.4, 0.5) is 0 Å². The van der Waals surface area contributed by atoms with Crippen molar-refractivity contribution in [3.8, 4) is 5.75 Å². The van der Waals surface area contributed by atoms with Crippen LogP contribution in [0.25, 0.3) is 0 Å². The van der Waals surface area contributed by atoms with E-state index in [-0.39, 0.29) is 11.9 Å². The lowest BCUT2D eigenvalue weighted by Gasteiger charge is -2.22. The predicted molar refractivity (Wildman–Crippen MR) is 103 cm³/mol. The second kappa shape index (κ2) is 9.39. The quantitative estimate of drug-likeness (QED) is 0.837. The zero-order valence-electron chi connectivity index (χ0n) is 15.5. The Hall–Kier alpha value is -2.33. The molecule has 138 valence electrons. The minimum absolute atomic E-state index is 0.117. The first kappa shape index (κ1) is 18.5. The fourth-order valence-electron chi connectivity index (χ4n) is 3.65. The van der Waals surface area contributed by atoms with E-state index in [9.17, 15) is 4.79 Å². The summed E-state index contributed by atoms with van der Waals surface area (Å²) in [5.74, 6) is 0.937. The third-order valence-electron chi connectivity index (χ3n) is 5.11. The first-order chi connectivity index (χ1) is 12.8.